The molecule has 0 saturated heterocycles. The van der Waals surface area contributed by atoms with Crippen LogP contribution in [0, 0.1) is 0 Å². The van der Waals surface area contributed by atoms with Gasteiger partial charge in [0.2, 0.25) is 0 Å². The fraction of sp³-hybridized carbons (Fsp3) is 0.370. The van der Waals surface area contributed by atoms with Crippen LogP contribution in [0.25, 0.3) is 0 Å². The quantitative estimate of drug-likeness (QED) is 0.529. The molecule has 1 N–H and O–H groups in total. The van der Waals surface area contributed by atoms with Gasteiger partial charge in [-0.2, -0.15) is 0 Å². The Hall–Kier alpha value is -3.21. The first-order valence-electron chi connectivity index (χ1n) is 10.8. The van der Waals surface area contributed by atoms with Crippen molar-refractivity contribution in [1.82, 2.24) is 0 Å². The summed E-state index contributed by atoms with van der Waals surface area (Å²) in [6, 6.07) is 7.50. The number of fused-ring (bicyclic) bond motifs is 1. The summed E-state index contributed by atoms with van der Waals surface area (Å²) in [4.78, 5) is 13.3. The van der Waals surface area contributed by atoms with E-state index >= 15 is 0 Å². The molecule has 170 valence electrons. The van der Waals surface area contributed by atoms with Crippen LogP contribution in [0.4, 0.5) is 0 Å². The Morgan fingerprint density at radius 1 is 1.00 bits per heavy atom. The molecular weight excluding hydrogens is 404 g/mol. The first kappa shape index (κ1) is 23.5. The van der Waals surface area contributed by atoms with Crippen LogP contribution in [-0.4, -0.2) is 25.1 Å². The number of ether oxygens (including phenoxy) is 3. The highest BCUT2D eigenvalue weighted by atomic mass is 16.5. The van der Waals surface area contributed by atoms with Gasteiger partial charge in [0.1, 0.15) is 34.7 Å². The Kier molecular flexibility index (Phi) is 7.29. The van der Waals surface area contributed by atoms with Crippen molar-refractivity contribution in [2.75, 3.05) is 14.2 Å². The second-order valence-corrected chi connectivity index (χ2v) is 8.52. The maximum Gasteiger partial charge on any atom is 0.174 e. The summed E-state index contributed by atoms with van der Waals surface area (Å²) >= 11 is 0. The molecule has 0 spiro atoms. The molecule has 2 aromatic carbocycles. The third kappa shape index (κ3) is 4.82. The zero-order chi connectivity index (χ0) is 23.4. The fourth-order valence-electron chi connectivity index (χ4n) is 3.88. The van der Waals surface area contributed by atoms with Crippen molar-refractivity contribution in [3.05, 3.63) is 69.8 Å². The van der Waals surface area contributed by atoms with E-state index in [0.29, 0.717) is 29.9 Å². The largest absolute Gasteiger partial charge is 0.507 e. The van der Waals surface area contributed by atoms with Crippen LogP contribution in [0.5, 0.6) is 23.0 Å². The average Bonchev–Trinajstić information content (AvgIpc) is 2.76. The second kappa shape index (κ2) is 9.94. The summed E-state index contributed by atoms with van der Waals surface area (Å²) < 4.78 is 17.4. The lowest BCUT2D eigenvalue weighted by atomic mass is 9.89. The van der Waals surface area contributed by atoms with Gasteiger partial charge in [-0.3, -0.25) is 4.79 Å². The van der Waals surface area contributed by atoms with Crippen LogP contribution < -0.4 is 14.2 Å². The number of ketones is 1. The number of benzene rings is 2. The van der Waals surface area contributed by atoms with Crippen LogP contribution in [0.1, 0.15) is 67.3 Å². The molecule has 0 aromatic heterocycles. The number of phenols is 1. The van der Waals surface area contributed by atoms with Gasteiger partial charge in [0.05, 0.1) is 20.6 Å². The topological polar surface area (TPSA) is 65.0 Å². The zero-order valence-corrected chi connectivity index (χ0v) is 19.7. The van der Waals surface area contributed by atoms with Gasteiger partial charge in [-0.25, -0.2) is 0 Å². The minimum atomic E-state index is -0.445. The van der Waals surface area contributed by atoms with Gasteiger partial charge in [-0.15, -0.1) is 0 Å². The Balaban J connectivity index is 2.17. The lowest BCUT2D eigenvalue weighted by Gasteiger charge is -2.30. The molecule has 1 unspecified atom stereocenters. The number of carbonyl (C=O) groups is 1. The van der Waals surface area contributed by atoms with E-state index in [1.807, 2.05) is 58.0 Å². The summed E-state index contributed by atoms with van der Waals surface area (Å²) in [7, 11) is 3.20. The first-order chi connectivity index (χ1) is 15.3. The summed E-state index contributed by atoms with van der Waals surface area (Å²) in [5.41, 5.74) is 4.80. The van der Waals surface area contributed by atoms with Gasteiger partial charge in [0.25, 0.3) is 0 Å². The van der Waals surface area contributed by atoms with Crippen LogP contribution in [0.15, 0.2) is 47.6 Å². The van der Waals surface area contributed by atoms with E-state index in [1.54, 1.807) is 14.2 Å². The second-order valence-electron chi connectivity index (χ2n) is 8.52. The van der Waals surface area contributed by atoms with Crippen molar-refractivity contribution in [2.24, 2.45) is 0 Å². The van der Waals surface area contributed by atoms with E-state index in [9.17, 15) is 9.90 Å². The molecule has 1 heterocycles. The standard InChI is InChI=1S/C27H32O5/c1-16(2)7-13-20-25(29)24-22(28)15-23(18-9-11-19(30-5)12-10-18)32-27(24)21(26(20)31-6)14-8-17(3)4/h7-12,23,29H,13-15H2,1-6H3. The highest BCUT2D eigenvalue weighted by Gasteiger charge is 2.35. The van der Waals surface area contributed by atoms with Crippen LogP contribution in [-0.2, 0) is 12.8 Å². The van der Waals surface area contributed by atoms with Gasteiger partial charge in [0, 0.05) is 11.1 Å². The van der Waals surface area contributed by atoms with Crippen molar-refractivity contribution in [3.63, 3.8) is 0 Å². The van der Waals surface area contributed by atoms with Crippen LogP contribution in [0.3, 0.4) is 0 Å². The molecule has 5 heteroatoms. The number of aromatic hydroxyl groups is 1. The Morgan fingerprint density at radius 2 is 1.59 bits per heavy atom. The van der Waals surface area contributed by atoms with Crippen molar-refractivity contribution in [2.45, 2.75) is 53.1 Å². The van der Waals surface area contributed by atoms with E-state index in [2.05, 4.69) is 6.08 Å². The Morgan fingerprint density at radius 3 is 2.12 bits per heavy atom. The predicted octanol–water partition coefficient (Wildman–Crippen LogP) is 6.13. The predicted molar refractivity (Wildman–Crippen MR) is 126 cm³/mol. The zero-order valence-electron chi connectivity index (χ0n) is 19.7. The molecule has 5 nitrogen and oxygen atoms in total. The third-order valence-electron chi connectivity index (χ3n) is 5.60. The molecule has 1 aliphatic heterocycles. The van der Waals surface area contributed by atoms with Crippen molar-refractivity contribution < 1.29 is 24.1 Å². The summed E-state index contributed by atoms with van der Waals surface area (Å²) in [5.74, 6) is 1.54. The number of carbonyl (C=O) groups excluding carboxylic acids is 1. The molecule has 1 atom stereocenters. The van der Waals surface area contributed by atoms with Gasteiger partial charge in [-0.05, 0) is 58.2 Å². The summed E-state index contributed by atoms with van der Waals surface area (Å²) in [5, 5.41) is 11.1. The highest BCUT2D eigenvalue weighted by Crippen LogP contribution is 2.49. The molecule has 0 aliphatic carbocycles. The number of phenolic OH excluding ortho intramolecular Hbond substituents is 1. The first-order valence-corrected chi connectivity index (χ1v) is 10.8. The fourth-order valence-corrected chi connectivity index (χ4v) is 3.88. The number of methoxy groups -OCH3 is 2. The number of hydrogen-bond acceptors (Lipinski definition) is 5. The number of allylic oxidation sites excluding steroid dienone is 4. The van der Waals surface area contributed by atoms with Gasteiger partial charge >= 0.3 is 0 Å². The molecule has 0 amide bonds. The van der Waals surface area contributed by atoms with E-state index in [-0.39, 0.29) is 23.5 Å². The molecule has 0 saturated carbocycles. The highest BCUT2D eigenvalue weighted by molar-refractivity contribution is 6.04. The normalized spacial score (nSPS) is 14.8. The molecule has 0 radical (unpaired) electrons. The molecule has 0 fully saturated rings. The molecule has 32 heavy (non-hydrogen) atoms. The van der Waals surface area contributed by atoms with Crippen LogP contribution in [0.2, 0.25) is 0 Å². The Bertz CT molecular complexity index is 1050. The van der Waals surface area contributed by atoms with Gasteiger partial charge in [-0.1, -0.05) is 35.4 Å². The SMILES string of the molecule is COc1ccc(C2CC(=O)c3c(O)c(CC=C(C)C)c(OC)c(CC=C(C)C)c3O2)cc1. The van der Waals surface area contributed by atoms with E-state index in [1.165, 1.54) is 0 Å². The minimum Gasteiger partial charge on any atom is -0.507 e. The monoisotopic (exact) mass is 436 g/mol. The van der Waals surface area contributed by atoms with Gasteiger partial charge in [0.15, 0.2) is 5.78 Å². The van der Waals surface area contributed by atoms with E-state index in [0.717, 1.165) is 28.0 Å². The van der Waals surface area contributed by atoms with Crippen molar-refractivity contribution in [3.8, 4) is 23.0 Å². The maximum atomic E-state index is 13.3. The van der Waals surface area contributed by atoms with E-state index < -0.39 is 6.10 Å². The maximum absolute atomic E-state index is 13.3. The lowest BCUT2D eigenvalue weighted by molar-refractivity contribution is 0.0842. The van der Waals surface area contributed by atoms with Crippen molar-refractivity contribution >= 4 is 5.78 Å². The lowest BCUT2D eigenvalue weighted by Crippen LogP contribution is -2.22. The van der Waals surface area contributed by atoms with Crippen LogP contribution >= 0.6 is 0 Å². The molecule has 3 rings (SSSR count). The molecule has 0 bridgehead atoms. The molecule has 2 aromatic rings. The smallest absolute Gasteiger partial charge is 0.174 e. The van der Waals surface area contributed by atoms with E-state index in [4.69, 9.17) is 14.2 Å². The van der Waals surface area contributed by atoms with Gasteiger partial charge < -0.3 is 19.3 Å². The molecular formula is C27H32O5. The van der Waals surface area contributed by atoms with Crippen molar-refractivity contribution in [1.29, 1.82) is 0 Å². The third-order valence-corrected chi connectivity index (χ3v) is 5.60. The minimum absolute atomic E-state index is 0.0477. The average molecular weight is 437 g/mol. The molecule has 1 aliphatic rings. The summed E-state index contributed by atoms with van der Waals surface area (Å²) in [6.45, 7) is 8.05. The number of rotatable bonds is 7. The summed E-state index contributed by atoms with van der Waals surface area (Å²) in [6.07, 6.45) is 4.82. The number of Topliss-reactive ketones (excluding diaryl/α,β-unsaturated/α-hetero) is 1. The number of hydrogen-bond donors (Lipinski definition) is 1. The Labute approximate surface area is 190 Å².